The summed E-state index contributed by atoms with van der Waals surface area (Å²) in [5, 5.41) is 0. The number of imidazole rings is 1. The summed E-state index contributed by atoms with van der Waals surface area (Å²) >= 11 is 0. The Balaban J connectivity index is 1.42. The Kier molecular flexibility index (Phi) is 4.70. The summed E-state index contributed by atoms with van der Waals surface area (Å²) in [5.74, 6) is 0. The molecule has 0 atom stereocenters. The topological polar surface area (TPSA) is 61.5 Å². The molecule has 0 radical (unpaired) electrons. The highest BCUT2D eigenvalue weighted by atomic mass is 16.6. The average Bonchev–Trinajstić information content (AvgIpc) is 3.07. The number of aromatic nitrogens is 2. The lowest BCUT2D eigenvalue weighted by Crippen LogP contribution is -2.48. The SMILES string of the molecule is O=C(OCc1ccccc1)N1CCN(Cc2cnc[nH]2)CC1. The van der Waals surface area contributed by atoms with E-state index in [0.29, 0.717) is 19.7 Å². The second-order valence-electron chi connectivity index (χ2n) is 5.38. The fourth-order valence-electron chi connectivity index (χ4n) is 2.51. The number of benzene rings is 1. The van der Waals surface area contributed by atoms with Crippen molar-refractivity contribution in [1.82, 2.24) is 19.8 Å². The van der Waals surface area contributed by atoms with Crippen LogP contribution in [0.1, 0.15) is 11.3 Å². The van der Waals surface area contributed by atoms with E-state index in [1.807, 2.05) is 36.5 Å². The third kappa shape index (κ3) is 3.85. The molecule has 1 N–H and O–H groups in total. The third-order valence-electron chi connectivity index (χ3n) is 3.78. The van der Waals surface area contributed by atoms with Crippen LogP contribution in [-0.2, 0) is 17.9 Å². The Morgan fingerprint density at radius 1 is 1.18 bits per heavy atom. The first-order chi connectivity index (χ1) is 10.8. The minimum absolute atomic E-state index is 0.231. The summed E-state index contributed by atoms with van der Waals surface area (Å²) in [6.45, 7) is 4.25. The fourth-order valence-corrected chi connectivity index (χ4v) is 2.51. The van der Waals surface area contributed by atoms with Gasteiger partial charge in [0.2, 0.25) is 0 Å². The molecule has 1 aliphatic heterocycles. The Morgan fingerprint density at radius 3 is 2.64 bits per heavy atom. The van der Waals surface area contributed by atoms with Crippen LogP contribution in [0.5, 0.6) is 0 Å². The maximum Gasteiger partial charge on any atom is 0.410 e. The number of aromatic amines is 1. The van der Waals surface area contributed by atoms with Crippen LogP contribution < -0.4 is 0 Å². The number of nitrogens with zero attached hydrogens (tertiary/aromatic N) is 3. The van der Waals surface area contributed by atoms with Crippen LogP contribution in [0.4, 0.5) is 4.79 Å². The molecule has 2 aromatic rings. The molecule has 0 spiro atoms. The van der Waals surface area contributed by atoms with Gasteiger partial charge in [-0.2, -0.15) is 0 Å². The van der Waals surface area contributed by atoms with E-state index in [0.717, 1.165) is 30.9 Å². The summed E-state index contributed by atoms with van der Waals surface area (Å²) in [4.78, 5) is 23.3. The van der Waals surface area contributed by atoms with E-state index in [-0.39, 0.29) is 6.09 Å². The van der Waals surface area contributed by atoms with Crippen LogP contribution in [-0.4, -0.2) is 52.0 Å². The van der Waals surface area contributed by atoms with E-state index in [1.54, 1.807) is 11.2 Å². The summed E-state index contributed by atoms with van der Waals surface area (Å²) in [5.41, 5.74) is 2.11. The number of hydrogen-bond acceptors (Lipinski definition) is 4. The monoisotopic (exact) mass is 300 g/mol. The quantitative estimate of drug-likeness (QED) is 0.936. The van der Waals surface area contributed by atoms with Gasteiger partial charge in [-0.1, -0.05) is 30.3 Å². The molecule has 1 aromatic heterocycles. The van der Waals surface area contributed by atoms with E-state index in [2.05, 4.69) is 14.9 Å². The molecule has 6 nitrogen and oxygen atoms in total. The van der Waals surface area contributed by atoms with Gasteiger partial charge in [0.05, 0.1) is 6.33 Å². The predicted octanol–water partition coefficient (Wildman–Crippen LogP) is 1.86. The molecular weight excluding hydrogens is 280 g/mol. The van der Waals surface area contributed by atoms with Crippen LogP contribution in [0.15, 0.2) is 42.9 Å². The van der Waals surface area contributed by atoms with Gasteiger partial charge in [0.15, 0.2) is 0 Å². The molecule has 3 rings (SSSR count). The van der Waals surface area contributed by atoms with Gasteiger partial charge in [0.1, 0.15) is 6.61 Å². The maximum absolute atomic E-state index is 12.1. The second kappa shape index (κ2) is 7.09. The number of piperazine rings is 1. The van der Waals surface area contributed by atoms with Gasteiger partial charge in [-0.15, -0.1) is 0 Å². The van der Waals surface area contributed by atoms with Crippen LogP contribution in [0.25, 0.3) is 0 Å². The number of nitrogens with one attached hydrogen (secondary N) is 1. The van der Waals surface area contributed by atoms with Gasteiger partial charge >= 0.3 is 6.09 Å². The first-order valence-electron chi connectivity index (χ1n) is 7.46. The maximum atomic E-state index is 12.1. The van der Waals surface area contributed by atoms with Crippen LogP contribution in [0.2, 0.25) is 0 Å². The van der Waals surface area contributed by atoms with Gasteiger partial charge in [-0.3, -0.25) is 4.90 Å². The van der Waals surface area contributed by atoms with Crippen molar-refractivity contribution in [3.8, 4) is 0 Å². The lowest BCUT2D eigenvalue weighted by Gasteiger charge is -2.33. The minimum atomic E-state index is -0.231. The summed E-state index contributed by atoms with van der Waals surface area (Å²) in [7, 11) is 0. The molecule has 116 valence electrons. The molecule has 1 amide bonds. The van der Waals surface area contributed by atoms with Crippen molar-refractivity contribution in [3.05, 3.63) is 54.1 Å². The van der Waals surface area contributed by atoms with Crippen molar-refractivity contribution < 1.29 is 9.53 Å². The summed E-state index contributed by atoms with van der Waals surface area (Å²) < 4.78 is 5.36. The molecule has 6 heteroatoms. The van der Waals surface area contributed by atoms with Crippen molar-refractivity contribution in [2.45, 2.75) is 13.2 Å². The van der Waals surface area contributed by atoms with Gasteiger partial charge in [0, 0.05) is 44.6 Å². The Labute approximate surface area is 129 Å². The number of H-pyrrole nitrogens is 1. The Hall–Kier alpha value is -2.34. The van der Waals surface area contributed by atoms with E-state index in [1.165, 1.54) is 0 Å². The second-order valence-corrected chi connectivity index (χ2v) is 5.38. The number of carbonyl (C=O) groups excluding carboxylic acids is 1. The van der Waals surface area contributed by atoms with Crippen molar-refractivity contribution >= 4 is 6.09 Å². The minimum Gasteiger partial charge on any atom is -0.445 e. The Morgan fingerprint density at radius 2 is 1.95 bits per heavy atom. The molecule has 0 unspecified atom stereocenters. The van der Waals surface area contributed by atoms with E-state index < -0.39 is 0 Å². The molecule has 0 saturated carbocycles. The normalized spacial score (nSPS) is 15.7. The van der Waals surface area contributed by atoms with Gasteiger partial charge in [-0.05, 0) is 5.56 Å². The van der Waals surface area contributed by atoms with E-state index in [4.69, 9.17) is 4.74 Å². The zero-order chi connectivity index (χ0) is 15.2. The molecule has 0 bridgehead atoms. The van der Waals surface area contributed by atoms with Crippen LogP contribution in [0, 0.1) is 0 Å². The highest BCUT2D eigenvalue weighted by Crippen LogP contribution is 2.09. The first kappa shape index (κ1) is 14.6. The number of carbonyl (C=O) groups is 1. The number of hydrogen-bond donors (Lipinski definition) is 1. The first-order valence-corrected chi connectivity index (χ1v) is 7.46. The number of ether oxygens (including phenoxy) is 1. The molecule has 22 heavy (non-hydrogen) atoms. The number of rotatable bonds is 4. The molecule has 1 saturated heterocycles. The van der Waals surface area contributed by atoms with Crippen molar-refractivity contribution in [3.63, 3.8) is 0 Å². The smallest absolute Gasteiger partial charge is 0.410 e. The van der Waals surface area contributed by atoms with Gasteiger partial charge in [-0.25, -0.2) is 9.78 Å². The highest BCUT2D eigenvalue weighted by molar-refractivity contribution is 5.67. The van der Waals surface area contributed by atoms with Crippen molar-refractivity contribution in [2.24, 2.45) is 0 Å². The zero-order valence-corrected chi connectivity index (χ0v) is 12.4. The predicted molar refractivity (Wildman–Crippen MR) is 82.1 cm³/mol. The average molecular weight is 300 g/mol. The van der Waals surface area contributed by atoms with Crippen LogP contribution in [0.3, 0.4) is 0 Å². The molecule has 0 aliphatic carbocycles. The molecule has 2 heterocycles. The molecule has 1 aliphatic rings. The lowest BCUT2D eigenvalue weighted by atomic mass is 10.2. The van der Waals surface area contributed by atoms with Gasteiger partial charge in [0.25, 0.3) is 0 Å². The Bertz CT molecular complexity index is 577. The third-order valence-corrected chi connectivity index (χ3v) is 3.78. The van der Waals surface area contributed by atoms with Gasteiger partial charge < -0.3 is 14.6 Å². The molecule has 1 aromatic carbocycles. The van der Waals surface area contributed by atoms with Crippen molar-refractivity contribution in [2.75, 3.05) is 26.2 Å². The summed E-state index contributed by atoms with van der Waals surface area (Å²) in [6.07, 6.45) is 3.29. The molecular formula is C16H20N4O2. The van der Waals surface area contributed by atoms with Crippen LogP contribution >= 0.6 is 0 Å². The largest absolute Gasteiger partial charge is 0.445 e. The number of amides is 1. The standard InChI is InChI=1S/C16H20N4O2/c21-16(22-12-14-4-2-1-3-5-14)20-8-6-19(7-9-20)11-15-10-17-13-18-15/h1-5,10,13H,6-9,11-12H2,(H,17,18). The molecule has 1 fully saturated rings. The highest BCUT2D eigenvalue weighted by Gasteiger charge is 2.22. The van der Waals surface area contributed by atoms with Crippen molar-refractivity contribution in [1.29, 1.82) is 0 Å². The van der Waals surface area contributed by atoms with E-state index in [9.17, 15) is 4.79 Å². The summed E-state index contributed by atoms with van der Waals surface area (Å²) in [6, 6.07) is 9.74. The van der Waals surface area contributed by atoms with E-state index >= 15 is 0 Å². The fraction of sp³-hybridized carbons (Fsp3) is 0.375. The zero-order valence-electron chi connectivity index (χ0n) is 12.4. The lowest BCUT2D eigenvalue weighted by molar-refractivity contribution is 0.0698.